The van der Waals surface area contributed by atoms with E-state index in [1.807, 2.05) is 19.1 Å². The first-order valence-electron chi connectivity index (χ1n) is 9.88. The molecule has 1 N–H and O–H groups in total. The number of pyridine rings is 1. The number of carboxylic acid groups (broad SMARTS) is 1. The highest BCUT2D eigenvalue weighted by molar-refractivity contribution is 9.10. The standard InChI is InChI=1S/C19H30BrN5O3Si/c1-5-6-15(19(26)27)16(11-14-7-8-17(20)21-12-14)18-22-23-24-25(18)13-28-9-10-29(2,3)4/h7-8,12,15-16H,5-6,9-11,13H2,1-4H3,(H,26,27)/t15?,16-/m0/s1. The van der Waals surface area contributed by atoms with Crippen molar-refractivity contribution in [3.63, 3.8) is 0 Å². The zero-order valence-electron chi connectivity index (χ0n) is 17.5. The first-order valence-corrected chi connectivity index (χ1v) is 14.4. The molecule has 0 spiro atoms. The van der Waals surface area contributed by atoms with Gasteiger partial charge in [-0.2, -0.15) is 0 Å². The minimum Gasteiger partial charge on any atom is -0.481 e. The van der Waals surface area contributed by atoms with E-state index < -0.39 is 20.0 Å². The molecular weight excluding hydrogens is 454 g/mol. The SMILES string of the molecule is CCCC(C(=O)O)[C@H](Cc1ccc(Br)nc1)c1nnnn1COCC[Si](C)(C)C. The Morgan fingerprint density at radius 2 is 2.10 bits per heavy atom. The number of aromatic nitrogens is 5. The second kappa shape index (κ2) is 10.9. The fourth-order valence-electron chi connectivity index (χ4n) is 3.10. The van der Waals surface area contributed by atoms with Gasteiger partial charge in [-0.3, -0.25) is 4.79 Å². The van der Waals surface area contributed by atoms with E-state index in [2.05, 4.69) is 56.1 Å². The number of carbonyl (C=O) groups is 1. The molecule has 8 nitrogen and oxygen atoms in total. The Kier molecular flexibility index (Phi) is 8.91. The predicted octanol–water partition coefficient (Wildman–Crippen LogP) is 3.97. The van der Waals surface area contributed by atoms with Gasteiger partial charge in [0.25, 0.3) is 0 Å². The summed E-state index contributed by atoms with van der Waals surface area (Å²) in [4.78, 5) is 16.3. The number of aliphatic carboxylic acids is 1. The van der Waals surface area contributed by atoms with Crippen LogP contribution >= 0.6 is 15.9 Å². The van der Waals surface area contributed by atoms with Crippen LogP contribution in [0.4, 0.5) is 0 Å². The Morgan fingerprint density at radius 1 is 1.34 bits per heavy atom. The first-order chi connectivity index (χ1) is 13.7. The molecule has 0 amide bonds. The van der Waals surface area contributed by atoms with Crippen LogP contribution in [0.1, 0.15) is 37.1 Å². The van der Waals surface area contributed by atoms with Crippen molar-refractivity contribution in [2.24, 2.45) is 5.92 Å². The lowest BCUT2D eigenvalue weighted by Crippen LogP contribution is -2.27. The fraction of sp³-hybridized carbons (Fsp3) is 0.632. The molecule has 0 aliphatic heterocycles. The lowest BCUT2D eigenvalue weighted by atomic mass is 9.83. The van der Waals surface area contributed by atoms with Crippen molar-refractivity contribution in [2.75, 3.05) is 6.61 Å². The predicted molar refractivity (Wildman–Crippen MR) is 116 cm³/mol. The average Bonchev–Trinajstić information content (AvgIpc) is 3.10. The number of ether oxygens (including phenoxy) is 1. The smallest absolute Gasteiger partial charge is 0.307 e. The van der Waals surface area contributed by atoms with Crippen molar-refractivity contribution >= 4 is 30.0 Å². The van der Waals surface area contributed by atoms with Gasteiger partial charge in [-0.25, -0.2) is 9.67 Å². The van der Waals surface area contributed by atoms with E-state index in [-0.39, 0.29) is 12.6 Å². The average molecular weight is 484 g/mol. The molecule has 2 heterocycles. The van der Waals surface area contributed by atoms with E-state index in [0.717, 1.165) is 22.6 Å². The highest BCUT2D eigenvalue weighted by Crippen LogP contribution is 2.31. The quantitative estimate of drug-likeness (QED) is 0.276. The lowest BCUT2D eigenvalue weighted by molar-refractivity contribution is -0.143. The number of rotatable bonds is 12. The van der Waals surface area contributed by atoms with E-state index in [9.17, 15) is 9.90 Å². The summed E-state index contributed by atoms with van der Waals surface area (Å²) in [6, 6.07) is 4.84. The molecule has 29 heavy (non-hydrogen) atoms. The number of carboxylic acids is 1. The minimum atomic E-state index is -1.19. The van der Waals surface area contributed by atoms with Gasteiger partial charge in [0.15, 0.2) is 5.82 Å². The number of hydrogen-bond donors (Lipinski definition) is 1. The van der Waals surface area contributed by atoms with Crippen molar-refractivity contribution in [3.8, 4) is 0 Å². The molecule has 0 bridgehead atoms. The molecule has 1 unspecified atom stereocenters. The van der Waals surface area contributed by atoms with Gasteiger partial charge in [0.1, 0.15) is 11.3 Å². The van der Waals surface area contributed by atoms with Gasteiger partial charge in [-0.15, -0.1) is 5.10 Å². The van der Waals surface area contributed by atoms with E-state index in [0.29, 0.717) is 25.3 Å². The second-order valence-electron chi connectivity index (χ2n) is 8.42. The summed E-state index contributed by atoms with van der Waals surface area (Å²) in [6.45, 7) is 9.74. The maximum Gasteiger partial charge on any atom is 0.307 e. The first kappa shape index (κ1) is 23.6. The van der Waals surface area contributed by atoms with E-state index >= 15 is 0 Å². The van der Waals surface area contributed by atoms with Crippen LogP contribution < -0.4 is 0 Å². The highest BCUT2D eigenvalue weighted by Gasteiger charge is 2.33. The normalized spacial score (nSPS) is 14.0. The number of halogens is 1. The Hall–Kier alpha value is -1.65. The second-order valence-corrected chi connectivity index (χ2v) is 14.9. The van der Waals surface area contributed by atoms with Crippen LogP contribution in [0.15, 0.2) is 22.9 Å². The van der Waals surface area contributed by atoms with Crippen molar-refractivity contribution < 1.29 is 14.6 Å². The molecule has 2 rings (SSSR count). The van der Waals surface area contributed by atoms with Crippen molar-refractivity contribution in [1.29, 1.82) is 0 Å². The Labute approximate surface area is 181 Å². The van der Waals surface area contributed by atoms with Crippen LogP contribution in [0.2, 0.25) is 25.7 Å². The highest BCUT2D eigenvalue weighted by atomic mass is 79.9. The fourth-order valence-corrected chi connectivity index (χ4v) is 4.09. The number of hydrogen-bond acceptors (Lipinski definition) is 6. The zero-order chi connectivity index (χ0) is 21.4. The lowest BCUT2D eigenvalue weighted by Gasteiger charge is -2.23. The van der Waals surface area contributed by atoms with E-state index in [4.69, 9.17) is 4.74 Å². The van der Waals surface area contributed by atoms with Crippen molar-refractivity contribution in [3.05, 3.63) is 34.3 Å². The summed E-state index contributed by atoms with van der Waals surface area (Å²) in [6.07, 6.45) is 3.56. The molecule has 2 aromatic rings. The van der Waals surface area contributed by atoms with Crippen LogP contribution in [-0.4, -0.2) is 50.9 Å². The van der Waals surface area contributed by atoms with Gasteiger partial charge >= 0.3 is 5.97 Å². The van der Waals surface area contributed by atoms with Crippen LogP contribution in [0.25, 0.3) is 0 Å². The largest absolute Gasteiger partial charge is 0.481 e. The Bertz CT molecular complexity index is 779. The van der Waals surface area contributed by atoms with Gasteiger partial charge in [-0.05, 0) is 56.9 Å². The van der Waals surface area contributed by atoms with E-state index in [1.165, 1.54) is 0 Å². The summed E-state index contributed by atoms with van der Waals surface area (Å²) in [5.41, 5.74) is 0.940. The molecule has 0 aliphatic rings. The van der Waals surface area contributed by atoms with Gasteiger partial charge in [0.2, 0.25) is 0 Å². The maximum atomic E-state index is 12.0. The summed E-state index contributed by atoms with van der Waals surface area (Å²) < 4.78 is 8.13. The van der Waals surface area contributed by atoms with Crippen LogP contribution in [-0.2, 0) is 22.7 Å². The Morgan fingerprint density at radius 3 is 2.69 bits per heavy atom. The van der Waals surface area contributed by atoms with Crippen molar-refractivity contribution in [1.82, 2.24) is 25.2 Å². The summed E-state index contributed by atoms with van der Waals surface area (Å²) in [5.74, 6) is -1.25. The maximum absolute atomic E-state index is 12.0. The van der Waals surface area contributed by atoms with Gasteiger partial charge in [0, 0.05) is 26.8 Å². The summed E-state index contributed by atoms with van der Waals surface area (Å²) >= 11 is 3.33. The van der Waals surface area contributed by atoms with Gasteiger partial charge in [0.05, 0.1) is 5.92 Å². The summed E-state index contributed by atoms with van der Waals surface area (Å²) in [7, 11) is -1.19. The third kappa shape index (κ3) is 7.59. The van der Waals surface area contributed by atoms with Crippen molar-refractivity contribution in [2.45, 2.75) is 64.5 Å². The molecule has 2 atom stereocenters. The molecule has 0 saturated heterocycles. The minimum absolute atomic E-state index is 0.223. The van der Waals surface area contributed by atoms with E-state index in [1.54, 1.807) is 10.9 Å². The van der Waals surface area contributed by atoms with Crippen LogP contribution in [0.5, 0.6) is 0 Å². The third-order valence-corrected chi connectivity index (χ3v) is 6.92. The molecule has 0 fully saturated rings. The number of tetrazole rings is 1. The monoisotopic (exact) mass is 483 g/mol. The van der Waals surface area contributed by atoms with Crippen LogP contribution in [0, 0.1) is 5.92 Å². The molecule has 0 radical (unpaired) electrons. The molecule has 0 aliphatic carbocycles. The van der Waals surface area contributed by atoms with Gasteiger partial charge in [-0.1, -0.05) is 39.1 Å². The molecule has 0 saturated carbocycles. The molecular formula is C19H30BrN5O3Si. The molecule has 2 aromatic heterocycles. The molecule has 0 aromatic carbocycles. The molecule has 10 heteroatoms. The molecule has 160 valence electrons. The van der Waals surface area contributed by atoms with Gasteiger partial charge < -0.3 is 9.84 Å². The third-order valence-electron chi connectivity index (χ3n) is 4.75. The Balaban J connectivity index is 2.23. The van der Waals surface area contributed by atoms with Crippen LogP contribution in [0.3, 0.4) is 0 Å². The summed E-state index contributed by atoms with van der Waals surface area (Å²) in [5, 5.41) is 21.9. The topological polar surface area (TPSA) is 103 Å². The number of nitrogens with zero attached hydrogens (tertiary/aromatic N) is 5. The zero-order valence-corrected chi connectivity index (χ0v) is 20.1.